The molecule has 0 spiro atoms. The molecule has 0 fully saturated rings. The van der Waals surface area contributed by atoms with Gasteiger partial charge in [0.1, 0.15) is 17.3 Å². The van der Waals surface area contributed by atoms with Crippen molar-refractivity contribution < 1.29 is 4.74 Å². The van der Waals surface area contributed by atoms with E-state index in [2.05, 4.69) is 145 Å². The number of benzene rings is 6. The Labute approximate surface area is 297 Å². The van der Waals surface area contributed by atoms with Crippen molar-refractivity contribution in [2.45, 2.75) is 31.3 Å². The largest absolute Gasteiger partial charge is 0.460 e. The lowest BCUT2D eigenvalue weighted by molar-refractivity contribution is 0.413. The van der Waals surface area contributed by atoms with E-state index in [1.54, 1.807) is 0 Å². The number of nitrogens with one attached hydrogen (secondary N) is 1. The Kier molecular flexibility index (Phi) is 7.12. The van der Waals surface area contributed by atoms with E-state index in [0.717, 1.165) is 53.6 Å². The van der Waals surface area contributed by atoms with E-state index in [4.69, 9.17) is 14.7 Å². The predicted octanol–water partition coefficient (Wildman–Crippen LogP) is 10.9. The highest BCUT2D eigenvalue weighted by molar-refractivity contribution is 6.13. The minimum Gasteiger partial charge on any atom is -0.460 e. The number of hydrogen-bond acceptors (Lipinski definition) is 4. The van der Waals surface area contributed by atoms with Gasteiger partial charge in [0.15, 0.2) is 12.0 Å². The fourth-order valence-electron chi connectivity index (χ4n) is 8.00. The SMILES string of the molecule is C1=CCCC(C2=NC(c3ccccc3)=NC(C3=C4Oc5cc6ccccc6cc5C4CC(c4cccc(-c5cccc6ccccc56)c4)=C3)N2)=C1. The molecule has 4 heteroatoms. The molecule has 6 aromatic carbocycles. The summed E-state index contributed by atoms with van der Waals surface area (Å²) in [6.45, 7) is 0. The van der Waals surface area contributed by atoms with E-state index < -0.39 is 0 Å². The Morgan fingerprint density at radius 2 is 1.41 bits per heavy atom. The van der Waals surface area contributed by atoms with Crippen LogP contribution in [0, 0.1) is 0 Å². The standard InChI is InChI=1S/C47H35N3O/c1-3-14-31(15-4-1)45-48-46(32-16-5-2-6-17-32)50-47(49-45)42-28-37(27-41-40-26-34-18-7-8-19-35(34)29-43(40)51-44(41)42)33-21-11-22-36(25-33)39-24-12-20-30-13-9-10-23-38(30)39/h1-5,7-16,18-26,28-29,41,47H,6,17,27H2,(H,48,49,50). The highest BCUT2D eigenvalue weighted by Crippen LogP contribution is 2.51. The lowest BCUT2D eigenvalue weighted by Gasteiger charge is -2.30. The van der Waals surface area contributed by atoms with Gasteiger partial charge in [0.05, 0.1) is 5.92 Å². The Morgan fingerprint density at radius 1 is 0.667 bits per heavy atom. The van der Waals surface area contributed by atoms with Gasteiger partial charge in [-0.2, -0.15) is 0 Å². The van der Waals surface area contributed by atoms with Crippen LogP contribution < -0.4 is 10.1 Å². The molecule has 244 valence electrons. The third kappa shape index (κ3) is 5.32. The summed E-state index contributed by atoms with van der Waals surface area (Å²) < 4.78 is 6.89. The van der Waals surface area contributed by atoms with Gasteiger partial charge in [-0.25, -0.2) is 9.98 Å². The highest BCUT2D eigenvalue weighted by atomic mass is 16.5. The first kappa shape index (κ1) is 29.6. The predicted molar refractivity (Wildman–Crippen MR) is 210 cm³/mol. The molecule has 1 N–H and O–H groups in total. The summed E-state index contributed by atoms with van der Waals surface area (Å²) in [6.07, 6.45) is 11.2. The van der Waals surface area contributed by atoms with Crippen molar-refractivity contribution in [1.29, 1.82) is 0 Å². The zero-order valence-corrected chi connectivity index (χ0v) is 28.1. The van der Waals surface area contributed by atoms with Crippen molar-refractivity contribution in [3.8, 4) is 16.9 Å². The number of amidine groups is 2. The molecular weight excluding hydrogens is 623 g/mol. The van der Waals surface area contributed by atoms with Crippen LogP contribution >= 0.6 is 0 Å². The van der Waals surface area contributed by atoms with Crippen LogP contribution in [0.15, 0.2) is 185 Å². The molecule has 2 atom stereocenters. The molecule has 2 unspecified atom stereocenters. The van der Waals surface area contributed by atoms with E-state index in [1.165, 1.54) is 54.9 Å². The Balaban J connectivity index is 1.13. The van der Waals surface area contributed by atoms with E-state index in [0.29, 0.717) is 0 Å². The molecule has 4 aliphatic rings. The molecule has 0 amide bonds. The highest BCUT2D eigenvalue weighted by Gasteiger charge is 2.39. The zero-order valence-electron chi connectivity index (χ0n) is 28.1. The lowest BCUT2D eigenvalue weighted by atomic mass is 9.81. The van der Waals surface area contributed by atoms with Crippen molar-refractivity contribution in [2.24, 2.45) is 9.98 Å². The van der Waals surface area contributed by atoms with Gasteiger partial charge >= 0.3 is 0 Å². The maximum atomic E-state index is 6.89. The number of ether oxygens (including phenoxy) is 1. The van der Waals surface area contributed by atoms with Crippen LogP contribution in [0.4, 0.5) is 0 Å². The fourth-order valence-corrected chi connectivity index (χ4v) is 8.00. The molecular formula is C47H35N3O. The molecule has 2 heterocycles. The van der Waals surface area contributed by atoms with Gasteiger partial charge in [-0.05, 0) is 92.9 Å². The first-order chi connectivity index (χ1) is 25.2. The molecule has 10 rings (SSSR count). The number of hydrogen-bond donors (Lipinski definition) is 1. The van der Waals surface area contributed by atoms with Gasteiger partial charge in [0.25, 0.3) is 0 Å². The number of nitrogens with zero attached hydrogens (tertiary/aromatic N) is 2. The van der Waals surface area contributed by atoms with E-state index in [-0.39, 0.29) is 12.1 Å². The summed E-state index contributed by atoms with van der Waals surface area (Å²) in [6, 6.07) is 47.6. The summed E-state index contributed by atoms with van der Waals surface area (Å²) in [5, 5.41) is 8.68. The fraction of sp³-hybridized carbons (Fsp3) is 0.106. The van der Waals surface area contributed by atoms with Gasteiger partial charge in [0.2, 0.25) is 0 Å². The summed E-state index contributed by atoms with van der Waals surface area (Å²) in [7, 11) is 0. The Bertz CT molecular complexity index is 2560. The normalized spacial score (nSPS) is 19.4. The van der Waals surface area contributed by atoms with Crippen molar-refractivity contribution in [3.05, 3.63) is 191 Å². The summed E-state index contributed by atoms with van der Waals surface area (Å²) in [5.74, 6) is 3.58. The molecule has 0 bridgehead atoms. The second kappa shape index (κ2) is 12.3. The number of aliphatic imine (C=N–C) groups is 2. The summed E-state index contributed by atoms with van der Waals surface area (Å²) >= 11 is 0. The summed E-state index contributed by atoms with van der Waals surface area (Å²) in [4.78, 5) is 10.4. The molecule has 0 saturated heterocycles. The minimum atomic E-state index is -0.378. The van der Waals surface area contributed by atoms with Crippen LogP contribution in [0.25, 0.3) is 38.2 Å². The van der Waals surface area contributed by atoms with Crippen molar-refractivity contribution >= 4 is 38.8 Å². The van der Waals surface area contributed by atoms with Crippen LogP contribution in [0.2, 0.25) is 0 Å². The van der Waals surface area contributed by atoms with E-state index in [9.17, 15) is 0 Å². The maximum Gasteiger partial charge on any atom is 0.159 e. The van der Waals surface area contributed by atoms with Crippen LogP contribution in [-0.4, -0.2) is 17.8 Å². The molecule has 0 saturated carbocycles. The zero-order chi connectivity index (χ0) is 33.7. The van der Waals surface area contributed by atoms with Crippen molar-refractivity contribution in [3.63, 3.8) is 0 Å². The first-order valence-electron chi connectivity index (χ1n) is 17.8. The van der Waals surface area contributed by atoms with Gasteiger partial charge in [-0.15, -0.1) is 0 Å². The van der Waals surface area contributed by atoms with Gasteiger partial charge in [-0.1, -0.05) is 133 Å². The van der Waals surface area contributed by atoms with Crippen LogP contribution in [-0.2, 0) is 0 Å². The number of fused-ring (bicyclic) bond motifs is 5. The quantitative estimate of drug-likeness (QED) is 0.201. The lowest BCUT2D eigenvalue weighted by Crippen LogP contribution is -2.41. The molecule has 6 aromatic rings. The Morgan fingerprint density at radius 3 is 2.27 bits per heavy atom. The second-order valence-electron chi connectivity index (χ2n) is 13.7. The number of rotatable bonds is 5. The maximum absolute atomic E-state index is 6.89. The molecule has 0 radical (unpaired) electrons. The van der Waals surface area contributed by atoms with Crippen LogP contribution in [0.1, 0.15) is 41.9 Å². The van der Waals surface area contributed by atoms with Crippen LogP contribution in [0.3, 0.4) is 0 Å². The molecule has 4 nitrogen and oxygen atoms in total. The van der Waals surface area contributed by atoms with E-state index >= 15 is 0 Å². The first-order valence-corrected chi connectivity index (χ1v) is 17.8. The van der Waals surface area contributed by atoms with Crippen LogP contribution in [0.5, 0.6) is 5.75 Å². The third-order valence-corrected chi connectivity index (χ3v) is 10.5. The van der Waals surface area contributed by atoms with Gasteiger partial charge in [-0.3, -0.25) is 0 Å². The average Bonchev–Trinajstić information content (AvgIpc) is 3.57. The molecule has 51 heavy (non-hydrogen) atoms. The molecule has 0 aromatic heterocycles. The number of allylic oxidation sites excluding steroid dienone is 5. The van der Waals surface area contributed by atoms with E-state index in [1.807, 2.05) is 18.2 Å². The van der Waals surface area contributed by atoms with Gasteiger partial charge in [0, 0.05) is 16.7 Å². The molecule has 2 aliphatic carbocycles. The molecule has 2 aliphatic heterocycles. The Hall–Kier alpha value is -6.26. The van der Waals surface area contributed by atoms with Gasteiger partial charge < -0.3 is 10.1 Å². The third-order valence-electron chi connectivity index (χ3n) is 10.5. The second-order valence-corrected chi connectivity index (χ2v) is 13.7. The minimum absolute atomic E-state index is 0.0668. The average molecular weight is 658 g/mol. The monoisotopic (exact) mass is 657 g/mol. The topological polar surface area (TPSA) is 46.0 Å². The van der Waals surface area contributed by atoms with Crippen molar-refractivity contribution in [2.75, 3.05) is 0 Å². The smallest absolute Gasteiger partial charge is 0.159 e. The van der Waals surface area contributed by atoms with Crippen molar-refractivity contribution in [1.82, 2.24) is 5.32 Å². The summed E-state index contributed by atoms with van der Waals surface area (Å²) in [5.41, 5.74) is 9.40.